The lowest BCUT2D eigenvalue weighted by atomic mass is 10.1. The fourth-order valence-electron chi connectivity index (χ4n) is 1.63. The Morgan fingerprint density at radius 2 is 2.22 bits per heavy atom. The number of carbonyl (C=O) groups excluding carboxylic acids is 1. The summed E-state index contributed by atoms with van der Waals surface area (Å²) >= 11 is 1.93. The van der Waals surface area contributed by atoms with Crippen LogP contribution in [0.4, 0.5) is 5.69 Å². The number of ether oxygens (including phenoxy) is 1. The van der Waals surface area contributed by atoms with E-state index < -0.39 is 0 Å². The zero-order valence-corrected chi connectivity index (χ0v) is 12.1. The van der Waals surface area contributed by atoms with Gasteiger partial charge in [-0.15, -0.1) is 0 Å². The van der Waals surface area contributed by atoms with Gasteiger partial charge < -0.3 is 10.1 Å². The first-order valence-corrected chi connectivity index (χ1v) is 7.35. The first-order valence-electron chi connectivity index (χ1n) is 6.19. The van der Waals surface area contributed by atoms with Gasteiger partial charge in [0.25, 0.3) is 0 Å². The molecule has 0 aliphatic carbocycles. The fourth-order valence-corrected chi connectivity index (χ4v) is 2.27. The summed E-state index contributed by atoms with van der Waals surface area (Å²) in [4.78, 5) is 11.7. The van der Waals surface area contributed by atoms with Crippen molar-refractivity contribution in [2.45, 2.75) is 20.3 Å². The van der Waals surface area contributed by atoms with Gasteiger partial charge in [0, 0.05) is 12.2 Å². The van der Waals surface area contributed by atoms with E-state index in [0.29, 0.717) is 5.56 Å². The number of methoxy groups -OCH3 is 1. The van der Waals surface area contributed by atoms with Crippen molar-refractivity contribution in [2.75, 3.05) is 30.5 Å². The molecule has 0 atom stereocenters. The number of hydrogen-bond acceptors (Lipinski definition) is 4. The van der Waals surface area contributed by atoms with E-state index in [2.05, 4.69) is 12.2 Å². The summed E-state index contributed by atoms with van der Waals surface area (Å²) in [5.74, 6) is 2.00. The van der Waals surface area contributed by atoms with E-state index in [1.807, 2.05) is 36.9 Å². The second-order valence-corrected chi connectivity index (χ2v) is 5.41. The van der Waals surface area contributed by atoms with Gasteiger partial charge in [0.1, 0.15) is 0 Å². The van der Waals surface area contributed by atoms with Crippen LogP contribution in [0.15, 0.2) is 18.2 Å². The zero-order chi connectivity index (χ0) is 13.4. The third kappa shape index (κ3) is 4.61. The molecular weight excluding hydrogens is 246 g/mol. The first kappa shape index (κ1) is 14.9. The van der Waals surface area contributed by atoms with E-state index in [-0.39, 0.29) is 5.97 Å². The number of nitrogens with one attached hydrogen (secondary N) is 1. The maximum atomic E-state index is 11.7. The molecule has 0 radical (unpaired) electrons. The summed E-state index contributed by atoms with van der Waals surface area (Å²) in [6.45, 7) is 5.00. The molecule has 1 aromatic carbocycles. The lowest BCUT2D eigenvalue weighted by Crippen LogP contribution is -2.10. The molecule has 0 amide bonds. The van der Waals surface area contributed by atoms with Crippen LogP contribution in [0.25, 0.3) is 0 Å². The Kier molecular flexibility index (Phi) is 6.65. The standard InChI is InChI=1S/C14H21NO2S/c1-4-18-9-5-8-15-13-7-6-11(2)10-12(13)14(16)17-3/h6-7,10,15H,4-5,8-9H2,1-3H3. The molecule has 1 rings (SSSR count). The molecule has 0 fully saturated rings. The van der Waals surface area contributed by atoms with E-state index in [4.69, 9.17) is 4.74 Å². The van der Waals surface area contributed by atoms with Crippen molar-refractivity contribution in [1.82, 2.24) is 0 Å². The van der Waals surface area contributed by atoms with Crippen LogP contribution in [0.2, 0.25) is 0 Å². The number of hydrogen-bond donors (Lipinski definition) is 1. The second-order valence-electron chi connectivity index (χ2n) is 4.02. The molecular formula is C14H21NO2S. The van der Waals surface area contributed by atoms with Gasteiger partial charge in [0.2, 0.25) is 0 Å². The fraction of sp³-hybridized carbons (Fsp3) is 0.500. The molecule has 0 saturated carbocycles. The number of rotatable bonds is 7. The number of esters is 1. The molecule has 1 aromatic rings. The van der Waals surface area contributed by atoms with Crippen LogP contribution >= 0.6 is 11.8 Å². The highest BCUT2D eigenvalue weighted by Gasteiger charge is 2.11. The number of thioether (sulfide) groups is 1. The number of aryl methyl sites for hydroxylation is 1. The van der Waals surface area contributed by atoms with Crippen LogP contribution < -0.4 is 5.32 Å². The Balaban J connectivity index is 2.61. The van der Waals surface area contributed by atoms with Gasteiger partial charge in [-0.1, -0.05) is 18.6 Å². The molecule has 3 nitrogen and oxygen atoms in total. The van der Waals surface area contributed by atoms with Gasteiger partial charge in [0.15, 0.2) is 0 Å². The van der Waals surface area contributed by atoms with Crippen molar-refractivity contribution in [3.05, 3.63) is 29.3 Å². The summed E-state index contributed by atoms with van der Waals surface area (Å²) in [6, 6.07) is 5.79. The largest absolute Gasteiger partial charge is 0.465 e. The SMILES string of the molecule is CCSCCCNc1ccc(C)cc1C(=O)OC. The van der Waals surface area contributed by atoms with Crippen molar-refractivity contribution >= 4 is 23.4 Å². The Morgan fingerprint density at radius 3 is 2.89 bits per heavy atom. The lowest BCUT2D eigenvalue weighted by molar-refractivity contribution is 0.0601. The summed E-state index contributed by atoms with van der Waals surface area (Å²) in [5.41, 5.74) is 2.53. The maximum absolute atomic E-state index is 11.7. The third-order valence-corrected chi connectivity index (χ3v) is 3.55. The highest BCUT2D eigenvalue weighted by atomic mass is 32.2. The van der Waals surface area contributed by atoms with Gasteiger partial charge in [-0.25, -0.2) is 4.79 Å². The van der Waals surface area contributed by atoms with Crippen molar-refractivity contribution in [3.63, 3.8) is 0 Å². The highest BCUT2D eigenvalue weighted by Crippen LogP contribution is 2.18. The van der Waals surface area contributed by atoms with E-state index in [1.54, 1.807) is 0 Å². The minimum absolute atomic E-state index is 0.288. The molecule has 18 heavy (non-hydrogen) atoms. The van der Waals surface area contributed by atoms with Crippen LogP contribution in [-0.4, -0.2) is 31.1 Å². The Bertz CT molecular complexity index is 393. The van der Waals surface area contributed by atoms with Crippen LogP contribution in [0.5, 0.6) is 0 Å². The molecule has 0 aliphatic heterocycles. The van der Waals surface area contributed by atoms with Crippen molar-refractivity contribution in [3.8, 4) is 0 Å². The molecule has 0 saturated heterocycles. The van der Waals surface area contributed by atoms with Gasteiger partial charge in [-0.2, -0.15) is 11.8 Å². The van der Waals surface area contributed by atoms with Gasteiger partial charge >= 0.3 is 5.97 Å². The van der Waals surface area contributed by atoms with Gasteiger partial charge in [0.05, 0.1) is 12.7 Å². The Labute approximate surface area is 113 Å². The van der Waals surface area contributed by atoms with E-state index >= 15 is 0 Å². The van der Waals surface area contributed by atoms with E-state index in [0.717, 1.165) is 35.7 Å². The van der Waals surface area contributed by atoms with Crippen molar-refractivity contribution in [1.29, 1.82) is 0 Å². The predicted octanol–water partition coefficient (Wildman–Crippen LogP) is 3.34. The molecule has 100 valence electrons. The molecule has 0 aliphatic rings. The molecule has 0 aromatic heterocycles. The summed E-state index contributed by atoms with van der Waals surface area (Å²) in [6.07, 6.45) is 1.09. The Morgan fingerprint density at radius 1 is 1.44 bits per heavy atom. The average Bonchev–Trinajstić information content (AvgIpc) is 2.39. The molecule has 0 heterocycles. The summed E-state index contributed by atoms with van der Waals surface area (Å²) < 4.78 is 4.79. The summed E-state index contributed by atoms with van der Waals surface area (Å²) in [7, 11) is 1.41. The van der Waals surface area contributed by atoms with Crippen molar-refractivity contribution in [2.24, 2.45) is 0 Å². The topological polar surface area (TPSA) is 38.3 Å². The van der Waals surface area contributed by atoms with E-state index in [9.17, 15) is 4.79 Å². The van der Waals surface area contributed by atoms with Crippen LogP contribution in [0.3, 0.4) is 0 Å². The van der Waals surface area contributed by atoms with Gasteiger partial charge in [-0.05, 0) is 37.0 Å². The zero-order valence-electron chi connectivity index (χ0n) is 11.3. The maximum Gasteiger partial charge on any atom is 0.339 e. The number of benzene rings is 1. The lowest BCUT2D eigenvalue weighted by Gasteiger charge is -2.11. The third-order valence-electron chi connectivity index (χ3n) is 2.57. The second kappa shape index (κ2) is 8.03. The minimum atomic E-state index is -0.288. The Hall–Kier alpha value is -1.16. The quantitative estimate of drug-likeness (QED) is 0.607. The minimum Gasteiger partial charge on any atom is -0.465 e. The van der Waals surface area contributed by atoms with Crippen molar-refractivity contribution < 1.29 is 9.53 Å². The normalized spacial score (nSPS) is 10.2. The number of carbonyl (C=O) groups is 1. The smallest absolute Gasteiger partial charge is 0.339 e. The monoisotopic (exact) mass is 267 g/mol. The van der Waals surface area contributed by atoms with Crippen LogP contribution in [0.1, 0.15) is 29.3 Å². The molecule has 0 unspecified atom stereocenters. The van der Waals surface area contributed by atoms with Crippen LogP contribution in [-0.2, 0) is 4.74 Å². The molecule has 0 bridgehead atoms. The number of anilines is 1. The average molecular weight is 267 g/mol. The molecule has 4 heteroatoms. The molecule has 0 spiro atoms. The van der Waals surface area contributed by atoms with Crippen LogP contribution in [0, 0.1) is 6.92 Å². The first-order chi connectivity index (χ1) is 8.69. The van der Waals surface area contributed by atoms with Gasteiger partial charge in [-0.3, -0.25) is 0 Å². The molecule has 1 N–H and O–H groups in total. The summed E-state index contributed by atoms with van der Waals surface area (Å²) in [5, 5.41) is 3.30. The predicted molar refractivity (Wildman–Crippen MR) is 78.6 cm³/mol. The van der Waals surface area contributed by atoms with E-state index in [1.165, 1.54) is 7.11 Å². The highest BCUT2D eigenvalue weighted by molar-refractivity contribution is 7.99.